The van der Waals surface area contributed by atoms with Crippen molar-refractivity contribution in [3.8, 4) is 5.88 Å². The van der Waals surface area contributed by atoms with Crippen LogP contribution in [0.5, 0.6) is 5.88 Å². The van der Waals surface area contributed by atoms with Crippen LogP contribution in [-0.4, -0.2) is 37.3 Å². The van der Waals surface area contributed by atoms with Gasteiger partial charge in [-0.2, -0.15) is 0 Å². The summed E-state index contributed by atoms with van der Waals surface area (Å²) in [5.41, 5.74) is -0.116. The smallest absolute Gasteiger partial charge is 0.250 e. The number of nitrogens with one attached hydrogen (secondary N) is 1. The molecule has 0 aromatic carbocycles. The largest absolute Gasteiger partial charge is 0.474 e. The SMILES string of the molecule is CC[C@H]1C[C@@H](Oc2ccncn2)C[C@@H]1C.CC[C@H]1C[C@H](O)C[C@@H]1C.O=c1ccnc[nH]1. The summed E-state index contributed by atoms with van der Waals surface area (Å²) in [6, 6.07) is 3.18. The number of rotatable bonds is 4. The summed E-state index contributed by atoms with van der Waals surface area (Å²) in [6.45, 7) is 9.02. The first-order valence-corrected chi connectivity index (χ1v) is 11.5. The summed E-state index contributed by atoms with van der Waals surface area (Å²) >= 11 is 0. The number of hydrogen-bond acceptors (Lipinski definition) is 6. The normalized spacial score (nSPS) is 29.3. The lowest BCUT2D eigenvalue weighted by Crippen LogP contribution is -2.13. The highest BCUT2D eigenvalue weighted by Crippen LogP contribution is 2.35. The Labute approximate surface area is 185 Å². The average molecular weight is 431 g/mol. The van der Waals surface area contributed by atoms with Crippen LogP contribution in [0.2, 0.25) is 0 Å². The summed E-state index contributed by atoms with van der Waals surface area (Å²) in [5.74, 6) is 3.85. The maximum absolute atomic E-state index is 10.2. The topological polar surface area (TPSA) is 101 Å². The highest BCUT2D eigenvalue weighted by atomic mass is 16.5. The Morgan fingerprint density at radius 1 is 1.00 bits per heavy atom. The van der Waals surface area contributed by atoms with E-state index in [1.54, 1.807) is 6.20 Å². The molecule has 172 valence electrons. The minimum Gasteiger partial charge on any atom is -0.474 e. The van der Waals surface area contributed by atoms with Crippen molar-refractivity contribution in [2.45, 2.75) is 78.4 Å². The fourth-order valence-electron chi connectivity index (χ4n) is 4.63. The summed E-state index contributed by atoms with van der Waals surface area (Å²) in [7, 11) is 0. The quantitative estimate of drug-likeness (QED) is 0.752. The van der Waals surface area contributed by atoms with E-state index in [-0.39, 0.29) is 11.7 Å². The molecule has 0 saturated heterocycles. The van der Waals surface area contributed by atoms with Crippen LogP contribution in [0.15, 0.2) is 42.0 Å². The zero-order chi connectivity index (χ0) is 22.6. The lowest BCUT2D eigenvalue weighted by molar-refractivity contribution is 0.175. The minimum absolute atomic E-state index is 0.00458. The Morgan fingerprint density at radius 3 is 2.10 bits per heavy atom. The van der Waals surface area contributed by atoms with Gasteiger partial charge in [-0.15, -0.1) is 0 Å². The van der Waals surface area contributed by atoms with Crippen LogP contribution in [0.25, 0.3) is 0 Å². The Morgan fingerprint density at radius 2 is 1.68 bits per heavy atom. The van der Waals surface area contributed by atoms with Crippen LogP contribution < -0.4 is 10.3 Å². The lowest BCUT2D eigenvalue weighted by atomic mass is 9.96. The first kappa shape index (κ1) is 25.0. The van der Waals surface area contributed by atoms with Gasteiger partial charge in [-0.25, -0.2) is 15.0 Å². The molecule has 2 saturated carbocycles. The van der Waals surface area contributed by atoms with Gasteiger partial charge in [-0.1, -0.05) is 40.5 Å². The molecule has 2 aromatic rings. The molecule has 2 aliphatic rings. The van der Waals surface area contributed by atoms with Crippen LogP contribution in [0.3, 0.4) is 0 Å². The van der Waals surface area contributed by atoms with Crippen molar-refractivity contribution in [1.29, 1.82) is 0 Å². The molecule has 0 aliphatic heterocycles. The van der Waals surface area contributed by atoms with Gasteiger partial charge < -0.3 is 14.8 Å². The molecule has 0 amide bonds. The Balaban J connectivity index is 0.000000181. The fraction of sp³-hybridized carbons (Fsp3) is 0.667. The van der Waals surface area contributed by atoms with E-state index in [4.69, 9.17) is 4.74 Å². The van der Waals surface area contributed by atoms with E-state index in [1.807, 2.05) is 6.07 Å². The number of aliphatic hydroxyl groups excluding tert-OH is 1. The van der Waals surface area contributed by atoms with Crippen LogP contribution in [0.4, 0.5) is 0 Å². The maximum atomic E-state index is 10.2. The molecular formula is C24H38N4O3. The molecule has 0 bridgehead atoms. The van der Waals surface area contributed by atoms with E-state index >= 15 is 0 Å². The molecule has 0 spiro atoms. The second-order valence-electron chi connectivity index (χ2n) is 8.78. The molecular weight excluding hydrogens is 392 g/mol. The van der Waals surface area contributed by atoms with E-state index in [1.165, 1.54) is 44.2 Å². The van der Waals surface area contributed by atoms with E-state index < -0.39 is 0 Å². The number of nitrogens with zero attached hydrogens (tertiary/aromatic N) is 3. The molecule has 2 aliphatic carbocycles. The molecule has 2 aromatic heterocycles. The number of aromatic amines is 1. The van der Waals surface area contributed by atoms with Gasteiger partial charge in [0.05, 0.1) is 12.4 Å². The van der Waals surface area contributed by atoms with E-state index in [0.717, 1.165) is 42.9 Å². The van der Waals surface area contributed by atoms with Crippen LogP contribution in [0.1, 0.15) is 66.2 Å². The Kier molecular flexibility index (Phi) is 10.6. The molecule has 6 atom stereocenters. The summed E-state index contributed by atoms with van der Waals surface area (Å²) in [6.07, 6.45) is 13.3. The van der Waals surface area contributed by atoms with E-state index in [2.05, 4.69) is 47.6 Å². The molecule has 0 unspecified atom stereocenters. The predicted molar refractivity (Wildman–Crippen MR) is 122 cm³/mol. The third-order valence-corrected chi connectivity index (χ3v) is 6.51. The van der Waals surface area contributed by atoms with Crippen molar-refractivity contribution in [2.75, 3.05) is 0 Å². The lowest BCUT2D eigenvalue weighted by Gasteiger charge is -2.12. The summed E-state index contributed by atoms with van der Waals surface area (Å²) in [5, 5.41) is 9.20. The van der Waals surface area contributed by atoms with Crippen molar-refractivity contribution in [3.05, 3.63) is 47.5 Å². The van der Waals surface area contributed by atoms with Gasteiger partial charge in [-0.3, -0.25) is 4.79 Å². The van der Waals surface area contributed by atoms with Gasteiger partial charge in [0.25, 0.3) is 5.56 Å². The number of hydrogen-bond donors (Lipinski definition) is 2. The maximum Gasteiger partial charge on any atom is 0.250 e. The molecule has 0 radical (unpaired) electrons. The van der Waals surface area contributed by atoms with Crippen molar-refractivity contribution < 1.29 is 9.84 Å². The fourth-order valence-corrected chi connectivity index (χ4v) is 4.63. The molecule has 4 rings (SSSR count). The third-order valence-electron chi connectivity index (χ3n) is 6.51. The van der Waals surface area contributed by atoms with Crippen molar-refractivity contribution in [1.82, 2.24) is 19.9 Å². The van der Waals surface area contributed by atoms with Crippen LogP contribution in [-0.2, 0) is 0 Å². The van der Waals surface area contributed by atoms with E-state index in [9.17, 15) is 9.90 Å². The van der Waals surface area contributed by atoms with E-state index in [0.29, 0.717) is 12.0 Å². The molecule has 2 fully saturated rings. The number of ether oxygens (including phenoxy) is 1. The number of H-pyrrole nitrogens is 1. The second kappa shape index (κ2) is 13.2. The monoisotopic (exact) mass is 430 g/mol. The molecule has 7 heteroatoms. The number of aromatic nitrogens is 4. The van der Waals surface area contributed by atoms with Crippen molar-refractivity contribution >= 4 is 0 Å². The van der Waals surface area contributed by atoms with Gasteiger partial charge >= 0.3 is 0 Å². The highest BCUT2D eigenvalue weighted by Gasteiger charge is 2.31. The van der Waals surface area contributed by atoms with Gasteiger partial charge in [0, 0.05) is 24.5 Å². The molecule has 2 N–H and O–H groups in total. The summed E-state index contributed by atoms with van der Waals surface area (Å²) < 4.78 is 5.83. The van der Waals surface area contributed by atoms with Crippen molar-refractivity contribution in [2.24, 2.45) is 23.7 Å². The second-order valence-corrected chi connectivity index (χ2v) is 8.78. The average Bonchev–Trinajstić information content (AvgIpc) is 3.30. The van der Waals surface area contributed by atoms with Gasteiger partial charge in [-0.05, 0) is 49.4 Å². The predicted octanol–water partition coefficient (Wildman–Crippen LogP) is 4.25. The van der Waals surface area contributed by atoms with Crippen LogP contribution >= 0.6 is 0 Å². The first-order chi connectivity index (χ1) is 14.9. The number of aliphatic hydroxyl groups is 1. The van der Waals surface area contributed by atoms with Crippen LogP contribution in [0, 0.1) is 23.7 Å². The molecule has 7 nitrogen and oxygen atoms in total. The van der Waals surface area contributed by atoms with Gasteiger partial charge in [0.1, 0.15) is 12.4 Å². The van der Waals surface area contributed by atoms with Gasteiger partial charge in [0.15, 0.2) is 0 Å². The highest BCUT2D eigenvalue weighted by molar-refractivity contribution is 5.05. The Bertz CT molecular complexity index is 768. The molecule has 31 heavy (non-hydrogen) atoms. The van der Waals surface area contributed by atoms with Gasteiger partial charge in [0.2, 0.25) is 5.88 Å². The van der Waals surface area contributed by atoms with Crippen molar-refractivity contribution in [3.63, 3.8) is 0 Å². The molecule has 2 heterocycles. The summed E-state index contributed by atoms with van der Waals surface area (Å²) in [4.78, 5) is 24.1. The minimum atomic E-state index is -0.116. The Hall–Kier alpha value is -2.28. The standard InChI is InChI=1S/C12H18N2O.C8H16O.C4H4N2O/c1-3-10-7-11(6-9(10)2)15-12-4-5-13-8-14-12;1-3-7-5-8(9)4-6(7)2;7-4-1-2-5-3-6-4/h4-5,8-11H,3,6-7H2,1-2H3;6-9H,3-5H2,1-2H3;1-3H,(H,5,6,7)/t9-,10-,11-;6-,7-,8+;/m00./s1. The zero-order valence-corrected chi connectivity index (χ0v) is 19.3. The zero-order valence-electron chi connectivity index (χ0n) is 19.3. The first-order valence-electron chi connectivity index (χ1n) is 11.5. The third kappa shape index (κ3) is 8.77.